The number of ether oxygens (including phenoxy) is 1. The molecule has 1 amide bonds. The molecule has 3 atom stereocenters. The number of carbonyl (C=O) groups excluding carboxylic acids is 1. The van der Waals surface area contributed by atoms with E-state index < -0.39 is 5.60 Å². The second kappa shape index (κ2) is 3.65. The molecule has 2 aliphatic rings. The van der Waals surface area contributed by atoms with Crippen LogP contribution in [0.3, 0.4) is 0 Å². The highest BCUT2D eigenvalue weighted by Gasteiger charge is 2.49. The third-order valence-electron chi connectivity index (χ3n) is 3.41. The number of nitrogens with zero attached hydrogens (tertiary/aromatic N) is 2. The lowest BCUT2D eigenvalue weighted by Gasteiger charge is -2.30. The van der Waals surface area contributed by atoms with Gasteiger partial charge in [-0.1, -0.05) is 0 Å². The minimum atomic E-state index is -0.487. The molecule has 4 nitrogen and oxygen atoms in total. The summed E-state index contributed by atoms with van der Waals surface area (Å²) in [4.78, 5) is 13.5. The van der Waals surface area contributed by atoms with Crippen LogP contribution in [0.1, 0.15) is 33.6 Å². The van der Waals surface area contributed by atoms with Gasteiger partial charge in [-0.25, -0.2) is 4.79 Å². The molecule has 1 aliphatic heterocycles. The van der Waals surface area contributed by atoms with Crippen molar-refractivity contribution in [3.63, 3.8) is 0 Å². The number of nitriles is 1. The molecule has 0 bridgehead atoms. The third-order valence-corrected chi connectivity index (χ3v) is 3.41. The van der Waals surface area contributed by atoms with Crippen molar-refractivity contribution >= 4 is 6.09 Å². The normalized spacial score (nSPS) is 32.6. The molecule has 0 spiro atoms. The van der Waals surface area contributed by atoms with Crippen molar-refractivity contribution < 1.29 is 9.53 Å². The van der Waals surface area contributed by atoms with Gasteiger partial charge < -0.3 is 4.74 Å². The van der Waals surface area contributed by atoms with E-state index in [1.54, 1.807) is 4.90 Å². The topological polar surface area (TPSA) is 53.3 Å². The zero-order valence-corrected chi connectivity index (χ0v) is 10.1. The molecule has 0 N–H and O–H groups in total. The molecule has 3 unspecified atom stereocenters. The fourth-order valence-corrected chi connectivity index (χ4v) is 2.51. The van der Waals surface area contributed by atoms with Gasteiger partial charge in [-0.15, -0.1) is 0 Å². The van der Waals surface area contributed by atoms with Gasteiger partial charge in [0.2, 0.25) is 0 Å². The van der Waals surface area contributed by atoms with Gasteiger partial charge in [-0.3, -0.25) is 4.90 Å². The van der Waals surface area contributed by atoms with Crippen molar-refractivity contribution in [3.05, 3.63) is 0 Å². The molecule has 0 radical (unpaired) electrons. The van der Waals surface area contributed by atoms with Gasteiger partial charge in [0.25, 0.3) is 0 Å². The van der Waals surface area contributed by atoms with Crippen molar-refractivity contribution in [3.8, 4) is 6.07 Å². The lowest BCUT2D eigenvalue weighted by Crippen LogP contribution is -2.40. The Balaban J connectivity index is 2.04. The van der Waals surface area contributed by atoms with Crippen LogP contribution >= 0.6 is 0 Å². The lowest BCUT2D eigenvalue weighted by molar-refractivity contribution is 0.0249. The van der Waals surface area contributed by atoms with E-state index in [0.717, 1.165) is 12.8 Å². The summed E-state index contributed by atoms with van der Waals surface area (Å²) in [5, 5.41) is 9.11. The number of rotatable bonds is 0. The number of amides is 1. The molecule has 1 aliphatic carbocycles. The van der Waals surface area contributed by atoms with E-state index in [4.69, 9.17) is 10.00 Å². The average Bonchev–Trinajstić information content (AvgIpc) is 2.35. The fourth-order valence-electron chi connectivity index (χ4n) is 2.51. The Morgan fingerprint density at radius 3 is 2.56 bits per heavy atom. The van der Waals surface area contributed by atoms with Crippen molar-refractivity contribution in [2.45, 2.75) is 45.3 Å². The molecule has 16 heavy (non-hydrogen) atoms. The van der Waals surface area contributed by atoms with E-state index in [1.165, 1.54) is 0 Å². The molecule has 0 aromatic carbocycles. The largest absolute Gasteiger partial charge is 0.444 e. The van der Waals surface area contributed by atoms with Crippen LogP contribution in [-0.2, 0) is 4.74 Å². The Labute approximate surface area is 96.2 Å². The van der Waals surface area contributed by atoms with E-state index in [2.05, 4.69) is 6.07 Å². The highest BCUT2D eigenvalue weighted by molar-refractivity contribution is 5.69. The zero-order chi connectivity index (χ0) is 11.9. The number of fused-ring (bicyclic) bond motifs is 1. The summed E-state index contributed by atoms with van der Waals surface area (Å²) in [7, 11) is 0. The van der Waals surface area contributed by atoms with Crippen LogP contribution in [-0.4, -0.2) is 29.2 Å². The Morgan fingerprint density at radius 1 is 1.44 bits per heavy atom. The first-order valence-corrected chi connectivity index (χ1v) is 5.81. The third kappa shape index (κ3) is 1.87. The van der Waals surface area contributed by atoms with Crippen LogP contribution in [0.15, 0.2) is 0 Å². The van der Waals surface area contributed by atoms with Crippen LogP contribution < -0.4 is 0 Å². The van der Waals surface area contributed by atoms with Crippen molar-refractivity contribution in [2.24, 2.45) is 11.8 Å². The number of carbonyl (C=O) groups is 1. The molecule has 1 heterocycles. The summed E-state index contributed by atoms with van der Waals surface area (Å²) < 4.78 is 5.31. The molecular formula is C12H18N2O2. The molecule has 2 fully saturated rings. The quantitative estimate of drug-likeness (QED) is 0.631. The summed E-state index contributed by atoms with van der Waals surface area (Å²) in [6.07, 6.45) is 1.87. The maximum Gasteiger partial charge on any atom is 0.411 e. The van der Waals surface area contributed by atoms with Gasteiger partial charge in [0, 0.05) is 6.54 Å². The Morgan fingerprint density at radius 2 is 2.12 bits per heavy atom. The molecule has 2 rings (SSSR count). The van der Waals surface area contributed by atoms with Crippen LogP contribution in [0.2, 0.25) is 0 Å². The molecular weight excluding hydrogens is 204 g/mol. The minimum Gasteiger partial charge on any atom is -0.444 e. The van der Waals surface area contributed by atoms with Gasteiger partial charge in [0.1, 0.15) is 11.6 Å². The van der Waals surface area contributed by atoms with E-state index in [-0.39, 0.29) is 12.1 Å². The van der Waals surface area contributed by atoms with Crippen LogP contribution in [0, 0.1) is 23.2 Å². The molecule has 0 aromatic heterocycles. The average molecular weight is 222 g/mol. The van der Waals surface area contributed by atoms with E-state index >= 15 is 0 Å². The second-order valence-corrected chi connectivity index (χ2v) is 5.71. The van der Waals surface area contributed by atoms with E-state index in [1.807, 2.05) is 20.8 Å². The first kappa shape index (κ1) is 11.3. The molecule has 1 saturated heterocycles. The molecule has 1 saturated carbocycles. The predicted octanol–water partition coefficient (Wildman–Crippen LogP) is 2.16. The number of hydrogen-bond acceptors (Lipinski definition) is 3. The van der Waals surface area contributed by atoms with Gasteiger partial charge in [-0.05, 0) is 45.4 Å². The van der Waals surface area contributed by atoms with Crippen molar-refractivity contribution in [2.75, 3.05) is 6.54 Å². The zero-order valence-electron chi connectivity index (χ0n) is 10.1. The predicted molar refractivity (Wildman–Crippen MR) is 58.6 cm³/mol. The standard InChI is InChI=1S/C12H18N2O2/c1-12(2,3)16-11(15)14-7-8-4-5-9(8)10(14)6-13/h8-10H,4-5,7H2,1-3H3. The second-order valence-electron chi connectivity index (χ2n) is 5.71. The lowest BCUT2D eigenvalue weighted by atomic mass is 9.73. The van der Waals surface area contributed by atoms with Crippen LogP contribution in [0.25, 0.3) is 0 Å². The summed E-state index contributed by atoms with van der Waals surface area (Å²) in [5.74, 6) is 0.912. The summed E-state index contributed by atoms with van der Waals surface area (Å²) >= 11 is 0. The Kier molecular flexibility index (Phi) is 2.57. The summed E-state index contributed by atoms with van der Waals surface area (Å²) in [5.41, 5.74) is -0.487. The minimum absolute atomic E-state index is 0.270. The van der Waals surface area contributed by atoms with Crippen LogP contribution in [0.4, 0.5) is 4.79 Å². The van der Waals surface area contributed by atoms with Gasteiger partial charge in [0.05, 0.1) is 6.07 Å². The summed E-state index contributed by atoms with van der Waals surface area (Å²) in [6.45, 7) is 6.22. The molecule has 4 heteroatoms. The van der Waals surface area contributed by atoms with E-state index in [9.17, 15) is 4.79 Å². The number of likely N-dealkylation sites (tertiary alicyclic amines) is 1. The van der Waals surface area contributed by atoms with Crippen LogP contribution in [0.5, 0.6) is 0 Å². The monoisotopic (exact) mass is 222 g/mol. The van der Waals surface area contributed by atoms with E-state index in [0.29, 0.717) is 18.4 Å². The van der Waals surface area contributed by atoms with Gasteiger partial charge in [-0.2, -0.15) is 5.26 Å². The number of hydrogen-bond donors (Lipinski definition) is 0. The SMILES string of the molecule is CC(C)(C)OC(=O)N1CC2CCC2C1C#N. The summed E-state index contributed by atoms with van der Waals surface area (Å²) in [6, 6.07) is 1.97. The molecule has 88 valence electrons. The maximum atomic E-state index is 11.9. The van der Waals surface area contributed by atoms with Crippen molar-refractivity contribution in [1.82, 2.24) is 4.90 Å². The molecule has 0 aromatic rings. The van der Waals surface area contributed by atoms with Gasteiger partial charge in [0.15, 0.2) is 0 Å². The fraction of sp³-hybridized carbons (Fsp3) is 0.833. The Hall–Kier alpha value is -1.24. The smallest absolute Gasteiger partial charge is 0.411 e. The van der Waals surface area contributed by atoms with Gasteiger partial charge >= 0.3 is 6.09 Å². The highest BCUT2D eigenvalue weighted by atomic mass is 16.6. The van der Waals surface area contributed by atoms with Crippen molar-refractivity contribution in [1.29, 1.82) is 5.26 Å². The Bertz CT molecular complexity index is 340. The first-order chi connectivity index (χ1) is 7.42. The highest BCUT2D eigenvalue weighted by Crippen LogP contribution is 2.44. The maximum absolute atomic E-state index is 11.9. The first-order valence-electron chi connectivity index (χ1n) is 5.81.